The Bertz CT molecular complexity index is 877. The number of carbonyl (C=O) groups is 3. The molecule has 0 unspecified atom stereocenters. The van der Waals surface area contributed by atoms with E-state index in [4.69, 9.17) is 9.84 Å². The molecule has 3 N–H and O–H groups in total. The second kappa shape index (κ2) is 8.84. The lowest BCUT2D eigenvalue weighted by molar-refractivity contribution is -0.136. The fourth-order valence-corrected chi connectivity index (χ4v) is 2.75. The van der Waals surface area contributed by atoms with Crippen LogP contribution in [0, 0.1) is 0 Å². The van der Waals surface area contributed by atoms with Crippen molar-refractivity contribution in [3.05, 3.63) is 47.5 Å². The topological polar surface area (TPSA) is 105 Å². The molecule has 142 valence electrons. The number of amides is 2. The molecule has 0 bridgehead atoms. The first-order valence-corrected chi connectivity index (χ1v) is 8.34. The summed E-state index contributed by atoms with van der Waals surface area (Å²) in [7, 11) is 1.54. The monoisotopic (exact) mass is 370 g/mol. The van der Waals surface area contributed by atoms with E-state index in [2.05, 4.69) is 10.6 Å². The average Bonchev–Trinajstić information content (AvgIpc) is 2.59. The summed E-state index contributed by atoms with van der Waals surface area (Å²) in [5.74, 6) is -0.724. The number of aliphatic carboxylic acids is 1. The molecule has 2 amide bonds. The van der Waals surface area contributed by atoms with Crippen LogP contribution in [-0.2, 0) is 27.3 Å². The van der Waals surface area contributed by atoms with Crippen LogP contribution in [0.15, 0.2) is 36.4 Å². The number of carbonyl (C=O) groups excluding carboxylic acids is 2. The van der Waals surface area contributed by atoms with E-state index in [1.165, 1.54) is 21.0 Å². The Balaban J connectivity index is 2.55. The van der Waals surface area contributed by atoms with Gasteiger partial charge in [0, 0.05) is 31.6 Å². The predicted molar refractivity (Wildman–Crippen MR) is 102 cm³/mol. The van der Waals surface area contributed by atoms with Crippen molar-refractivity contribution in [3.8, 4) is 16.9 Å². The molecule has 0 atom stereocenters. The highest BCUT2D eigenvalue weighted by Gasteiger charge is 2.14. The zero-order valence-corrected chi connectivity index (χ0v) is 15.5. The lowest BCUT2D eigenvalue weighted by Crippen LogP contribution is -2.19. The predicted octanol–water partition coefficient (Wildman–Crippen LogP) is 2.58. The van der Waals surface area contributed by atoms with Crippen molar-refractivity contribution < 1.29 is 24.2 Å². The van der Waals surface area contributed by atoms with E-state index < -0.39 is 5.97 Å². The van der Waals surface area contributed by atoms with Gasteiger partial charge in [0.15, 0.2) is 0 Å². The highest BCUT2D eigenvalue weighted by molar-refractivity contribution is 5.89. The molecular formula is C20H22N2O5. The van der Waals surface area contributed by atoms with Crippen molar-refractivity contribution in [3.63, 3.8) is 0 Å². The highest BCUT2D eigenvalue weighted by atomic mass is 16.5. The molecule has 0 aromatic heterocycles. The fourth-order valence-electron chi connectivity index (χ4n) is 2.75. The minimum atomic E-state index is -0.925. The van der Waals surface area contributed by atoms with E-state index >= 15 is 0 Å². The van der Waals surface area contributed by atoms with E-state index in [9.17, 15) is 14.4 Å². The van der Waals surface area contributed by atoms with Crippen LogP contribution in [0.4, 0.5) is 5.69 Å². The number of carboxylic acid groups (broad SMARTS) is 1. The number of carboxylic acids is 1. The molecule has 0 aliphatic heterocycles. The van der Waals surface area contributed by atoms with Crippen LogP contribution in [0.3, 0.4) is 0 Å². The van der Waals surface area contributed by atoms with Gasteiger partial charge in [-0.05, 0) is 41.0 Å². The zero-order chi connectivity index (χ0) is 20.0. The Morgan fingerprint density at radius 2 is 1.74 bits per heavy atom. The van der Waals surface area contributed by atoms with Crippen molar-refractivity contribution in [1.82, 2.24) is 5.32 Å². The minimum absolute atomic E-state index is 0.109. The maximum atomic E-state index is 11.4. The van der Waals surface area contributed by atoms with E-state index in [0.717, 1.165) is 11.1 Å². The van der Waals surface area contributed by atoms with Crippen LogP contribution in [0.25, 0.3) is 11.1 Å². The third-order valence-corrected chi connectivity index (χ3v) is 3.86. The van der Waals surface area contributed by atoms with Crippen LogP contribution in [-0.4, -0.2) is 30.0 Å². The summed E-state index contributed by atoms with van der Waals surface area (Å²) in [4.78, 5) is 33.7. The summed E-state index contributed by atoms with van der Waals surface area (Å²) in [5, 5.41) is 14.5. The Kier molecular flexibility index (Phi) is 6.54. The van der Waals surface area contributed by atoms with E-state index in [0.29, 0.717) is 22.6 Å². The van der Waals surface area contributed by atoms with Gasteiger partial charge in [0.05, 0.1) is 13.5 Å². The van der Waals surface area contributed by atoms with Gasteiger partial charge in [-0.25, -0.2) is 0 Å². The van der Waals surface area contributed by atoms with Gasteiger partial charge in [-0.3, -0.25) is 14.4 Å². The van der Waals surface area contributed by atoms with Gasteiger partial charge in [0.2, 0.25) is 11.8 Å². The molecule has 2 rings (SSSR count). The molecule has 0 saturated carbocycles. The lowest BCUT2D eigenvalue weighted by Gasteiger charge is -2.16. The Labute approximate surface area is 157 Å². The van der Waals surface area contributed by atoms with Crippen molar-refractivity contribution in [2.75, 3.05) is 12.4 Å². The van der Waals surface area contributed by atoms with Gasteiger partial charge in [-0.15, -0.1) is 0 Å². The summed E-state index contributed by atoms with van der Waals surface area (Å²) in [5.41, 5.74) is 3.50. The Morgan fingerprint density at radius 1 is 1.00 bits per heavy atom. The smallest absolute Gasteiger partial charge is 0.307 e. The Morgan fingerprint density at radius 3 is 2.33 bits per heavy atom. The van der Waals surface area contributed by atoms with Gasteiger partial charge >= 0.3 is 5.97 Å². The highest BCUT2D eigenvalue weighted by Crippen LogP contribution is 2.35. The van der Waals surface area contributed by atoms with Gasteiger partial charge in [-0.1, -0.05) is 12.1 Å². The maximum Gasteiger partial charge on any atom is 0.307 e. The number of anilines is 1. The molecular weight excluding hydrogens is 348 g/mol. The SMILES string of the molecule is COc1ccc(CC(=O)O)cc1-c1ccc(NC(C)=O)cc1CNC(C)=O. The number of hydrogen-bond acceptors (Lipinski definition) is 4. The van der Waals surface area contributed by atoms with Crippen LogP contribution in [0.5, 0.6) is 5.75 Å². The summed E-state index contributed by atoms with van der Waals surface area (Å²) in [6.45, 7) is 3.09. The van der Waals surface area contributed by atoms with E-state index in [-0.39, 0.29) is 24.8 Å². The second-order valence-corrected chi connectivity index (χ2v) is 6.07. The standard InChI is InChI=1S/C20H22N2O5/c1-12(23)21-11-15-10-16(22-13(2)24)5-6-17(15)18-8-14(9-20(25)26)4-7-19(18)27-3/h4-8,10H,9,11H2,1-3H3,(H,21,23)(H,22,24)(H,25,26). The fraction of sp³-hybridized carbons (Fsp3) is 0.250. The number of benzene rings is 2. The first-order chi connectivity index (χ1) is 12.8. The number of rotatable bonds is 7. The van der Waals surface area contributed by atoms with E-state index in [1.807, 2.05) is 6.07 Å². The molecule has 0 aliphatic rings. The Hall–Kier alpha value is -3.35. The maximum absolute atomic E-state index is 11.4. The van der Waals surface area contributed by atoms with Crippen molar-refractivity contribution in [1.29, 1.82) is 0 Å². The lowest BCUT2D eigenvalue weighted by atomic mass is 9.95. The number of hydrogen-bond donors (Lipinski definition) is 3. The van der Waals surface area contributed by atoms with Gasteiger partial charge in [-0.2, -0.15) is 0 Å². The molecule has 0 radical (unpaired) electrons. The molecule has 0 spiro atoms. The number of methoxy groups -OCH3 is 1. The number of nitrogens with one attached hydrogen (secondary N) is 2. The van der Waals surface area contributed by atoms with Gasteiger partial charge < -0.3 is 20.5 Å². The molecule has 0 aliphatic carbocycles. The van der Waals surface area contributed by atoms with Crippen LogP contribution < -0.4 is 15.4 Å². The first-order valence-electron chi connectivity index (χ1n) is 8.34. The molecule has 2 aromatic carbocycles. The number of ether oxygens (including phenoxy) is 1. The summed E-state index contributed by atoms with van der Waals surface area (Å²) in [6, 6.07) is 10.5. The molecule has 0 heterocycles. The van der Waals surface area contributed by atoms with Crippen molar-refractivity contribution in [2.45, 2.75) is 26.8 Å². The largest absolute Gasteiger partial charge is 0.496 e. The summed E-state index contributed by atoms with van der Waals surface area (Å²) < 4.78 is 5.43. The average molecular weight is 370 g/mol. The quantitative estimate of drug-likeness (QED) is 0.695. The molecule has 27 heavy (non-hydrogen) atoms. The van der Waals surface area contributed by atoms with Crippen LogP contribution in [0.2, 0.25) is 0 Å². The first kappa shape index (κ1) is 20.0. The van der Waals surface area contributed by atoms with E-state index in [1.54, 1.807) is 30.3 Å². The summed E-state index contributed by atoms with van der Waals surface area (Å²) >= 11 is 0. The van der Waals surface area contributed by atoms with Crippen LogP contribution >= 0.6 is 0 Å². The molecule has 7 nitrogen and oxygen atoms in total. The molecule has 0 fully saturated rings. The van der Waals surface area contributed by atoms with Crippen LogP contribution in [0.1, 0.15) is 25.0 Å². The molecule has 0 saturated heterocycles. The molecule has 2 aromatic rings. The van der Waals surface area contributed by atoms with Gasteiger partial charge in [0.1, 0.15) is 5.75 Å². The third-order valence-electron chi connectivity index (χ3n) is 3.86. The zero-order valence-electron chi connectivity index (χ0n) is 15.5. The van der Waals surface area contributed by atoms with Crippen molar-refractivity contribution in [2.24, 2.45) is 0 Å². The second-order valence-electron chi connectivity index (χ2n) is 6.07. The van der Waals surface area contributed by atoms with Gasteiger partial charge in [0.25, 0.3) is 0 Å². The third kappa shape index (κ3) is 5.57. The molecule has 7 heteroatoms. The summed E-state index contributed by atoms with van der Waals surface area (Å²) in [6.07, 6.45) is -0.109. The van der Waals surface area contributed by atoms with Crippen molar-refractivity contribution >= 4 is 23.5 Å². The normalized spacial score (nSPS) is 10.2. The minimum Gasteiger partial charge on any atom is -0.496 e.